The SMILES string of the molecule is O=C(O)C[C@@H](c1ccc(=O)[nH]c1)n1ccc(CCCc2ccc3c(n2)CCCC3)n1. The van der Waals surface area contributed by atoms with Crippen LogP contribution in [0.2, 0.25) is 0 Å². The molecule has 0 saturated carbocycles. The van der Waals surface area contributed by atoms with E-state index >= 15 is 0 Å². The quantitative estimate of drug-likeness (QED) is 0.599. The summed E-state index contributed by atoms with van der Waals surface area (Å²) < 4.78 is 1.67. The molecular weight excluding hydrogens is 380 g/mol. The molecule has 1 atom stereocenters. The Bertz CT molecular complexity index is 1070. The van der Waals surface area contributed by atoms with E-state index in [4.69, 9.17) is 4.98 Å². The molecule has 0 fully saturated rings. The number of fused-ring (bicyclic) bond motifs is 1. The number of nitrogens with one attached hydrogen (secondary N) is 1. The van der Waals surface area contributed by atoms with Crippen molar-refractivity contribution in [1.29, 1.82) is 0 Å². The van der Waals surface area contributed by atoms with E-state index in [2.05, 4.69) is 22.2 Å². The van der Waals surface area contributed by atoms with E-state index in [1.807, 2.05) is 12.3 Å². The van der Waals surface area contributed by atoms with E-state index in [-0.39, 0.29) is 12.0 Å². The van der Waals surface area contributed by atoms with Gasteiger partial charge in [-0.15, -0.1) is 0 Å². The van der Waals surface area contributed by atoms with Crippen LogP contribution >= 0.6 is 0 Å². The third kappa shape index (κ3) is 4.84. The molecular formula is C23H26N4O3. The van der Waals surface area contributed by atoms with E-state index < -0.39 is 12.0 Å². The maximum Gasteiger partial charge on any atom is 0.305 e. The van der Waals surface area contributed by atoms with E-state index in [0.717, 1.165) is 43.5 Å². The average molecular weight is 406 g/mol. The zero-order valence-corrected chi connectivity index (χ0v) is 16.9. The number of nitrogens with zero attached hydrogens (tertiary/aromatic N) is 3. The molecule has 0 aliphatic heterocycles. The highest BCUT2D eigenvalue weighted by Gasteiger charge is 2.19. The van der Waals surface area contributed by atoms with E-state index in [1.54, 1.807) is 16.9 Å². The average Bonchev–Trinajstić information content (AvgIpc) is 3.21. The van der Waals surface area contributed by atoms with Gasteiger partial charge in [0.25, 0.3) is 0 Å². The summed E-state index contributed by atoms with van der Waals surface area (Å²) in [6.07, 6.45) is 10.6. The van der Waals surface area contributed by atoms with Crippen molar-refractivity contribution >= 4 is 5.97 Å². The summed E-state index contributed by atoms with van der Waals surface area (Å²) in [7, 11) is 0. The molecule has 0 bridgehead atoms. The molecule has 4 rings (SSSR count). The summed E-state index contributed by atoms with van der Waals surface area (Å²) in [6.45, 7) is 0. The largest absolute Gasteiger partial charge is 0.481 e. The monoisotopic (exact) mass is 406 g/mol. The molecule has 3 aromatic heterocycles. The van der Waals surface area contributed by atoms with E-state index in [9.17, 15) is 14.7 Å². The molecule has 0 saturated heterocycles. The second-order valence-electron chi connectivity index (χ2n) is 7.86. The first-order chi connectivity index (χ1) is 14.6. The van der Waals surface area contributed by atoms with Gasteiger partial charge in [-0.05, 0) is 74.3 Å². The first-order valence-electron chi connectivity index (χ1n) is 10.5. The van der Waals surface area contributed by atoms with Gasteiger partial charge in [0.15, 0.2) is 0 Å². The second kappa shape index (κ2) is 9.07. The van der Waals surface area contributed by atoms with Crippen LogP contribution in [-0.4, -0.2) is 30.8 Å². The Morgan fingerprint density at radius 3 is 2.73 bits per heavy atom. The van der Waals surface area contributed by atoms with E-state index in [1.165, 1.54) is 30.2 Å². The normalized spacial score (nSPS) is 14.3. The number of hydrogen-bond acceptors (Lipinski definition) is 4. The van der Waals surface area contributed by atoms with Crippen molar-refractivity contribution in [3.63, 3.8) is 0 Å². The van der Waals surface area contributed by atoms with Gasteiger partial charge in [0.05, 0.1) is 18.2 Å². The molecule has 2 N–H and O–H groups in total. The van der Waals surface area contributed by atoms with Crippen molar-refractivity contribution in [2.75, 3.05) is 0 Å². The highest BCUT2D eigenvalue weighted by molar-refractivity contribution is 5.68. The Morgan fingerprint density at radius 2 is 1.93 bits per heavy atom. The summed E-state index contributed by atoms with van der Waals surface area (Å²) in [4.78, 5) is 30.1. The molecule has 0 radical (unpaired) electrons. The van der Waals surface area contributed by atoms with Gasteiger partial charge in [-0.25, -0.2) is 0 Å². The highest BCUT2D eigenvalue weighted by atomic mass is 16.4. The Kier molecular flexibility index (Phi) is 6.07. The molecule has 0 amide bonds. The topological polar surface area (TPSA) is 101 Å². The van der Waals surface area contributed by atoms with Crippen molar-refractivity contribution in [1.82, 2.24) is 19.7 Å². The molecule has 1 aliphatic rings. The summed E-state index contributed by atoms with van der Waals surface area (Å²) >= 11 is 0. The lowest BCUT2D eigenvalue weighted by atomic mass is 9.95. The number of aliphatic carboxylic acids is 1. The fraction of sp³-hybridized carbons (Fsp3) is 0.391. The fourth-order valence-electron chi connectivity index (χ4n) is 4.06. The predicted molar refractivity (Wildman–Crippen MR) is 113 cm³/mol. The van der Waals surface area contributed by atoms with Crippen LogP contribution in [0, 0.1) is 0 Å². The third-order valence-electron chi connectivity index (χ3n) is 5.65. The number of carbonyl (C=O) groups is 1. The standard InChI is InChI=1S/C23H26N4O3/c28-22-11-9-17(15-24-22)21(14-23(29)30)27-13-12-19(26-27)6-3-5-18-10-8-16-4-1-2-7-20(16)25-18/h8-13,15,21H,1-7,14H2,(H,24,28)(H,29,30)/t21-/m0/s1. The maximum absolute atomic E-state index is 11.3. The lowest BCUT2D eigenvalue weighted by Crippen LogP contribution is -2.17. The smallest absolute Gasteiger partial charge is 0.305 e. The number of carboxylic acid groups (broad SMARTS) is 1. The van der Waals surface area contributed by atoms with Crippen LogP contribution in [0.1, 0.15) is 59.9 Å². The van der Waals surface area contributed by atoms with Crippen LogP contribution in [0.4, 0.5) is 0 Å². The number of aryl methyl sites for hydroxylation is 4. The number of aromatic amines is 1. The number of aromatic nitrogens is 4. The summed E-state index contributed by atoms with van der Waals surface area (Å²) in [5.41, 5.74) is 5.21. The van der Waals surface area contributed by atoms with Gasteiger partial charge in [-0.1, -0.05) is 6.07 Å². The Hall–Kier alpha value is -3.22. The first-order valence-corrected chi connectivity index (χ1v) is 10.5. The number of pyridine rings is 2. The number of H-pyrrole nitrogens is 1. The van der Waals surface area contributed by atoms with Gasteiger partial charge in [0, 0.05) is 29.8 Å². The lowest BCUT2D eigenvalue weighted by molar-refractivity contribution is -0.137. The molecule has 3 aromatic rings. The molecule has 1 aliphatic carbocycles. The summed E-state index contributed by atoms with van der Waals surface area (Å²) in [5.74, 6) is -0.915. The Morgan fingerprint density at radius 1 is 1.10 bits per heavy atom. The highest BCUT2D eigenvalue weighted by Crippen LogP contribution is 2.22. The van der Waals surface area contributed by atoms with Crippen molar-refractivity contribution in [2.24, 2.45) is 0 Å². The third-order valence-corrected chi connectivity index (χ3v) is 5.65. The number of hydrogen-bond donors (Lipinski definition) is 2. The summed E-state index contributed by atoms with van der Waals surface area (Å²) in [6, 6.07) is 8.89. The van der Waals surface area contributed by atoms with Crippen molar-refractivity contribution < 1.29 is 9.90 Å². The van der Waals surface area contributed by atoms with Crippen LogP contribution in [0.3, 0.4) is 0 Å². The lowest BCUT2D eigenvalue weighted by Gasteiger charge is -2.16. The Labute approximate surface area is 174 Å². The molecule has 156 valence electrons. The van der Waals surface area contributed by atoms with Gasteiger partial charge >= 0.3 is 5.97 Å². The van der Waals surface area contributed by atoms with Gasteiger partial charge in [0.2, 0.25) is 5.56 Å². The molecule has 0 spiro atoms. The molecule has 7 heteroatoms. The minimum Gasteiger partial charge on any atom is -0.481 e. The Balaban J connectivity index is 1.40. The van der Waals surface area contributed by atoms with Gasteiger partial charge in [-0.2, -0.15) is 5.10 Å². The predicted octanol–water partition coefficient (Wildman–Crippen LogP) is 3.08. The van der Waals surface area contributed by atoms with Crippen molar-refractivity contribution in [3.05, 3.63) is 81.3 Å². The number of rotatable bonds is 8. The van der Waals surface area contributed by atoms with Crippen LogP contribution in [0.25, 0.3) is 0 Å². The fourth-order valence-corrected chi connectivity index (χ4v) is 4.06. The van der Waals surface area contributed by atoms with Crippen LogP contribution in [0.5, 0.6) is 0 Å². The second-order valence-corrected chi connectivity index (χ2v) is 7.86. The minimum absolute atomic E-state index is 0.105. The van der Waals surface area contributed by atoms with Crippen molar-refractivity contribution in [2.45, 2.75) is 57.4 Å². The number of carboxylic acids is 1. The molecule has 0 unspecified atom stereocenters. The van der Waals surface area contributed by atoms with Gasteiger partial charge < -0.3 is 10.1 Å². The molecule has 30 heavy (non-hydrogen) atoms. The van der Waals surface area contributed by atoms with Crippen molar-refractivity contribution in [3.8, 4) is 0 Å². The van der Waals surface area contributed by atoms with Crippen LogP contribution < -0.4 is 5.56 Å². The maximum atomic E-state index is 11.3. The van der Waals surface area contributed by atoms with Gasteiger partial charge in [0.1, 0.15) is 0 Å². The zero-order chi connectivity index (χ0) is 20.9. The molecule has 0 aromatic carbocycles. The van der Waals surface area contributed by atoms with Crippen LogP contribution in [-0.2, 0) is 30.5 Å². The molecule has 3 heterocycles. The minimum atomic E-state index is -0.915. The summed E-state index contributed by atoms with van der Waals surface area (Å²) in [5, 5.41) is 13.9. The van der Waals surface area contributed by atoms with Gasteiger partial charge in [-0.3, -0.25) is 19.3 Å². The molecule has 7 nitrogen and oxygen atoms in total. The zero-order valence-electron chi connectivity index (χ0n) is 16.9. The van der Waals surface area contributed by atoms with E-state index in [0.29, 0.717) is 5.56 Å². The van der Waals surface area contributed by atoms with Crippen LogP contribution in [0.15, 0.2) is 47.5 Å². The first kappa shape index (κ1) is 20.1.